The Balaban J connectivity index is 3.38. The van der Waals surface area contributed by atoms with Gasteiger partial charge in [-0.15, -0.1) is 5.54 Å². The highest BCUT2D eigenvalue weighted by molar-refractivity contribution is 6.83. The zero-order valence-electron chi connectivity index (χ0n) is 12.2. The van der Waals surface area contributed by atoms with Crippen LogP contribution in [0.1, 0.15) is 11.7 Å². The second-order valence-electron chi connectivity index (χ2n) is 5.24. The maximum absolute atomic E-state index is 14.1. The van der Waals surface area contributed by atoms with E-state index >= 15 is 0 Å². The smallest absolute Gasteiger partial charge is 0.175 e. The minimum Gasteiger partial charge on any atom is -0.494 e. The third-order valence-electron chi connectivity index (χ3n) is 2.46. The summed E-state index contributed by atoms with van der Waals surface area (Å²) in [6.45, 7) is 5.89. The zero-order valence-corrected chi connectivity index (χ0v) is 13.2. The van der Waals surface area contributed by atoms with Crippen molar-refractivity contribution in [2.45, 2.75) is 25.7 Å². The van der Waals surface area contributed by atoms with Crippen LogP contribution < -0.4 is 9.47 Å². The van der Waals surface area contributed by atoms with Crippen LogP contribution in [0.5, 0.6) is 11.5 Å². The molecule has 3 nitrogen and oxygen atoms in total. The Bertz CT molecular complexity index is 528. The van der Waals surface area contributed by atoms with Crippen molar-refractivity contribution >= 4 is 8.07 Å². The van der Waals surface area contributed by atoms with Crippen LogP contribution >= 0.6 is 0 Å². The Morgan fingerprint density at radius 1 is 1.10 bits per heavy atom. The van der Waals surface area contributed by atoms with E-state index in [2.05, 4.69) is 11.5 Å². The third kappa shape index (κ3) is 3.71. The lowest BCUT2D eigenvalue weighted by Crippen LogP contribution is -2.17. The van der Waals surface area contributed by atoms with Crippen molar-refractivity contribution in [3.8, 4) is 23.0 Å². The number of aliphatic hydroxyl groups is 1. The number of hydrogen-bond acceptors (Lipinski definition) is 3. The summed E-state index contributed by atoms with van der Waals surface area (Å²) >= 11 is 0. The Hall–Kier alpha value is -1.58. The van der Waals surface area contributed by atoms with Crippen LogP contribution in [-0.4, -0.2) is 27.4 Å². The number of aliphatic hydroxyl groups excluding tert-OH is 1. The molecule has 0 saturated carbocycles. The average Bonchev–Trinajstić information content (AvgIpc) is 2.36. The van der Waals surface area contributed by atoms with E-state index in [4.69, 9.17) is 9.47 Å². The number of ether oxygens (including phenoxy) is 2. The van der Waals surface area contributed by atoms with Crippen LogP contribution in [0.4, 0.5) is 8.78 Å². The molecule has 1 aromatic rings. The first kappa shape index (κ1) is 16.5. The fourth-order valence-electron chi connectivity index (χ4n) is 1.50. The van der Waals surface area contributed by atoms with Crippen molar-refractivity contribution < 1.29 is 23.4 Å². The quantitative estimate of drug-likeness (QED) is 0.689. The standard InChI is InChI=1S/C14H18F2O3Si/c1-18-10-8-11(19-2)14(16)12(13(10)15)9(17)6-7-20(3,4)5/h8-9,17H,1-5H3. The molecule has 20 heavy (non-hydrogen) atoms. The van der Waals surface area contributed by atoms with E-state index in [0.29, 0.717) is 0 Å². The van der Waals surface area contributed by atoms with Gasteiger partial charge in [0.25, 0.3) is 0 Å². The molecular formula is C14H18F2O3Si. The highest BCUT2D eigenvalue weighted by Gasteiger charge is 2.24. The van der Waals surface area contributed by atoms with Gasteiger partial charge in [-0.25, -0.2) is 8.78 Å². The van der Waals surface area contributed by atoms with Crippen molar-refractivity contribution in [3.63, 3.8) is 0 Å². The lowest BCUT2D eigenvalue weighted by Gasteiger charge is -2.14. The molecule has 0 heterocycles. The topological polar surface area (TPSA) is 38.7 Å². The summed E-state index contributed by atoms with van der Waals surface area (Å²) in [5.74, 6) is 0.157. The molecule has 110 valence electrons. The molecule has 0 fully saturated rings. The molecule has 0 aliphatic rings. The fourth-order valence-corrected chi connectivity index (χ4v) is 2.07. The van der Waals surface area contributed by atoms with Crippen molar-refractivity contribution in [2.24, 2.45) is 0 Å². The van der Waals surface area contributed by atoms with Gasteiger partial charge in [0.1, 0.15) is 14.2 Å². The largest absolute Gasteiger partial charge is 0.494 e. The van der Waals surface area contributed by atoms with Crippen molar-refractivity contribution in [3.05, 3.63) is 23.3 Å². The molecule has 6 heteroatoms. The molecule has 0 saturated heterocycles. The highest BCUT2D eigenvalue weighted by atomic mass is 28.3. The minimum atomic E-state index is -1.76. The fraction of sp³-hybridized carbons (Fsp3) is 0.429. The minimum absolute atomic E-state index is 0.202. The van der Waals surface area contributed by atoms with Crippen molar-refractivity contribution in [1.29, 1.82) is 0 Å². The van der Waals surface area contributed by atoms with Gasteiger partial charge in [-0.05, 0) is 0 Å². The van der Waals surface area contributed by atoms with Gasteiger partial charge < -0.3 is 14.6 Å². The predicted molar refractivity (Wildman–Crippen MR) is 75.5 cm³/mol. The van der Waals surface area contributed by atoms with Gasteiger partial charge in [-0.2, -0.15) is 0 Å². The molecule has 1 unspecified atom stereocenters. The second-order valence-corrected chi connectivity index (χ2v) is 9.99. The summed E-state index contributed by atoms with van der Waals surface area (Å²) in [5.41, 5.74) is 2.32. The van der Waals surface area contributed by atoms with Crippen LogP contribution in [0.15, 0.2) is 6.07 Å². The van der Waals surface area contributed by atoms with E-state index in [0.717, 1.165) is 6.07 Å². The zero-order chi connectivity index (χ0) is 15.5. The Kier molecular flexibility index (Phi) is 5.14. The molecule has 0 bridgehead atoms. The van der Waals surface area contributed by atoms with Crippen LogP contribution in [-0.2, 0) is 0 Å². The van der Waals surface area contributed by atoms with Crippen LogP contribution in [0.2, 0.25) is 19.6 Å². The van der Waals surface area contributed by atoms with Gasteiger partial charge in [-0.1, -0.05) is 25.6 Å². The molecule has 0 aliphatic heterocycles. The second kappa shape index (κ2) is 6.24. The van der Waals surface area contributed by atoms with Crippen molar-refractivity contribution in [1.82, 2.24) is 0 Å². The highest BCUT2D eigenvalue weighted by Crippen LogP contribution is 2.34. The molecule has 0 radical (unpaired) electrons. The normalized spacial score (nSPS) is 12.4. The Morgan fingerprint density at radius 2 is 1.55 bits per heavy atom. The SMILES string of the molecule is COc1cc(OC)c(F)c(C(O)C#C[Si](C)(C)C)c1F. The lowest BCUT2D eigenvalue weighted by atomic mass is 10.1. The summed E-state index contributed by atoms with van der Waals surface area (Å²) in [4.78, 5) is 0. The summed E-state index contributed by atoms with van der Waals surface area (Å²) < 4.78 is 37.8. The molecule has 0 aromatic heterocycles. The van der Waals surface area contributed by atoms with E-state index in [1.807, 2.05) is 19.6 Å². The van der Waals surface area contributed by atoms with Crippen LogP contribution in [0.25, 0.3) is 0 Å². The number of halogens is 2. The van der Waals surface area contributed by atoms with E-state index in [1.165, 1.54) is 14.2 Å². The van der Waals surface area contributed by atoms with Gasteiger partial charge in [-0.3, -0.25) is 0 Å². The maximum Gasteiger partial charge on any atom is 0.175 e. The summed E-state index contributed by atoms with van der Waals surface area (Å²) in [6.07, 6.45) is -1.56. The van der Waals surface area contributed by atoms with Gasteiger partial charge >= 0.3 is 0 Å². The number of hydrogen-bond donors (Lipinski definition) is 1. The Morgan fingerprint density at radius 3 is 1.90 bits per heavy atom. The third-order valence-corrected chi connectivity index (χ3v) is 3.36. The van der Waals surface area contributed by atoms with Gasteiger partial charge in [0.2, 0.25) is 0 Å². The summed E-state index contributed by atoms with van der Waals surface area (Å²) in [6, 6.07) is 1.09. The Labute approximate surface area is 118 Å². The van der Waals surface area contributed by atoms with Gasteiger partial charge in [0, 0.05) is 6.07 Å². The lowest BCUT2D eigenvalue weighted by molar-refractivity contribution is 0.221. The summed E-state index contributed by atoms with van der Waals surface area (Å²) in [7, 11) is 0.739. The molecule has 1 aromatic carbocycles. The average molecular weight is 300 g/mol. The predicted octanol–water partition coefficient (Wildman–Crippen LogP) is 2.90. The van der Waals surface area contributed by atoms with Crippen molar-refractivity contribution in [2.75, 3.05) is 14.2 Å². The van der Waals surface area contributed by atoms with E-state index in [9.17, 15) is 13.9 Å². The first-order valence-corrected chi connectivity index (χ1v) is 9.52. The summed E-state index contributed by atoms with van der Waals surface area (Å²) in [5, 5.41) is 9.94. The first-order chi connectivity index (χ1) is 9.21. The van der Waals surface area contributed by atoms with E-state index in [-0.39, 0.29) is 11.5 Å². The molecular weight excluding hydrogens is 282 g/mol. The van der Waals surface area contributed by atoms with E-state index < -0.39 is 31.4 Å². The molecule has 1 N–H and O–H groups in total. The van der Waals surface area contributed by atoms with Crippen LogP contribution in [0, 0.1) is 23.1 Å². The van der Waals surface area contributed by atoms with E-state index in [1.54, 1.807) is 0 Å². The molecule has 1 atom stereocenters. The van der Waals surface area contributed by atoms with Gasteiger partial charge in [0.15, 0.2) is 23.1 Å². The molecule has 0 amide bonds. The number of benzene rings is 1. The van der Waals surface area contributed by atoms with Crippen LogP contribution in [0.3, 0.4) is 0 Å². The number of methoxy groups -OCH3 is 2. The molecule has 0 spiro atoms. The molecule has 0 aliphatic carbocycles. The molecule has 1 rings (SSSR count). The maximum atomic E-state index is 14.1. The first-order valence-electron chi connectivity index (χ1n) is 6.02. The number of rotatable bonds is 3. The van der Waals surface area contributed by atoms with Gasteiger partial charge in [0.05, 0.1) is 19.8 Å². The monoisotopic (exact) mass is 300 g/mol.